The smallest absolute Gasteiger partial charge is 0.328 e. The third kappa shape index (κ3) is 4.64. The van der Waals surface area contributed by atoms with Crippen LogP contribution in [0.25, 0.3) is 5.57 Å². The van der Waals surface area contributed by atoms with Gasteiger partial charge in [-0.2, -0.15) is 0 Å². The molecular weight excluding hydrogens is 300 g/mol. The van der Waals surface area contributed by atoms with Gasteiger partial charge in [-0.15, -0.1) is 0 Å². The lowest BCUT2D eigenvalue weighted by Crippen LogP contribution is -1.95. The van der Waals surface area contributed by atoms with Crippen LogP contribution >= 0.6 is 11.6 Å². The van der Waals surface area contributed by atoms with E-state index in [1.165, 1.54) is 6.08 Å². The Balaban J connectivity index is 2.15. The lowest BCUT2D eigenvalue weighted by Gasteiger charge is -2.09. The number of benzene rings is 2. The van der Waals surface area contributed by atoms with Gasteiger partial charge in [-0.3, -0.25) is 0 Å². The molecule has 0 radical (unpaired) electrons. The van der Waals surface area contributed by atoms with Crippen LogP contribution < -0.4 is 4.74 Å². The number of aliphatic carboxylic acids is 1. The zero-order valence-electron chi connectivity index (χ0n) is 12.3. The van der Waals surface area contributed by atoms with Gasteiger partial charge in [0.1, 0.15) is 5.75 Å². The van der Waals surface area contributed by atoms with Gasteiger partial charge in [0.25, 0.3) is 0 Å². The Hall–Kier alpha value is -2.26. The van der Waals surface area contributed by atoms with E-state index in [-0.39, 0.29) is 0 Å². The van der Waals surface area contributed by atoms with Gasteiger partial charge in [-0.25, -0.2) is 4.79 Å². The summed E-state index contributed by atoms with van der Waals surface area (Å²) in [5.41, 5.74) is 2.79. The second kappa shape index (κ2) is 7.66. The molecule has 0 fully saturated rings. The maximum Gasteiger partial charge on any atom is 0.328 e. The molecule has 0 heterocycles. The Morgan fingerprint density at radius 3 is 2.32 bits per heavy atom. The van der Waals surface area contributed by atoms with Gasteiger partial charge in [-0.05, 0) is 53.8 Å². The quantitative estimate of drug-likeness (QED) is 0.801. The molecule has 2 rings (SSSR count). The van der Waals surface area contributed by atoms with E-state index in [1.807, 2.05) is 48.5 Å². The van der Waals surface area contributed by atoms with Crippen molar-refractivity contribution in [3.63, 3.8) is 0 Å². The summed E-state index contributed by atoms with van der Waals surface area (Å²) >= 11 is 5.87. The number of hydrogen-bond acceptors (Lipinski definition) is 2. The molecule has 1 N–H and O–H groups in total. The van der Waals surface area contributed by atoms with Gasteiger partial charge in [0.05, 0.1) is 7.11 Å². The molecule has 0 saturated carbocycles. The number of carbonyl (C=O) groups is 1. The van der Waals surface area contributed by atoms with Crippen LogP contribution in [0.4, 0.5) is 0 Å². The fraction of sp³-hybridized carbons (Fsp3) is 0.167. The molecule has 0 amide bonds. The van der Waals surface area contributed by atoms with Crippen molar-refractivity contribution in [1.82, 2.24) is 0 Å². The highest BCUT2D eigenvalue weighted by atomic mass is 35.5. The van der Waals surface area contributed by atoms with E-state index >= 15 is 0 Å². The van der Waals surface area contributed by atoms with Crippen LogP contribution in [-0.4, -0.2) is 18.2 Å². The first-order valence-electron chi connectivity index (χ1n) is 6.91. The number of aryl methyl sites for hydroxylation is 1. The summed E-state index contributed by atoms with van der Waals surface area (Å²) in [5, 5.41) is 9.76. The summed E-state index contributed by atoms with van der Waals surface area (Å²) in [6.45, 7) is 0. The lowest BCUT2D eigenvalue weighted by atomic mass is 9.98. The first-order valence-corrected chi connectivity index (χ1v) is 7.28. The number of allylic oxidation sites excluding steroid dienone is 1. The molecule has 0 unspecified atom stereocenters. The summed E-state index contributed by atoms with van der Waals surface area (Å²) in [6, 6.07) is 15.0. The van der Waals surface area contributed by atoms with Crippen LogP contribution in [0.3, 0.4) is 0 Å². The lowest BCUT2D eigenvalue weighted by molar-refractivity contribution is -0.131. The highest BCUT2D eigenvalue weighted by Gasteiger charge is 2.06. The number of carboxylic acid groups (broad SMARTS) is 1. The van der Waals surface area contributed by atoms with E-state index in [4.69, 9.17) is 21.4 Å². The zero-order valence-corrected chi connectivity index (χ0v) is 13.0. The van der Waals surface area contributed by atoms with Crippen molar-refractivity contribution >= 4 is 23.1 Å². The molecule has 22 heavy (non-hydrogen) atoms. The fourth-order valence-corrected chi connectivity index (χ4v) is 2.31. The van der Waals surface area contributed by atoms with E-state index in [0.29, 0.717) is 11.4 Å². The Kier molecular flexibility index (Phi) is 5.61. The summed E-state index contributed by atoms with van der Waals surface area (Å²) in [6.07, 6.45) is 2.65. The minimum absolute atomic E-state index is 0.639. The van der Waals surface area contributed by atoms with E-state index in [2.05, 4.69) is 0 Å². The van der Waals surface area contributed by atoms with E-state index < -0.39 is 5.97 Å². The van der Waals surface area contributed by atoms with Crippen molar-refractivity contribution in [3.05, 3.63) is 70.8 Å². The number of carboxylic acids is 1. The number of rotatable bonds is 6. The Morgan fingerprint density at radius 2 is 1.77 bits per heavy atom. The number of halogens is 1. The van der Waals surface area contributed by atoms with Crippen molar-refractivity contribution in [2.75, 3.05) is 7.11 Å². The number of ether oxygens (including phenoxy) is 1. The van der Waals surface area contributed by atoms with Gasteiger partial charge < -0.3 is 9.84 Å². The Bertz CT molecular complexity index is 658. The molecule has 0 bridgehead atoms. The molecule has 0 aliphatic heterocycles. The maximum absolute atomic E-state index is 11.0. The van der Waals surface area contributed by atoms with Crippen molar-refractivity contribution < 1.29 is 14.6 Å². The van der Waals surface area contributed by atoms with Crippen LogP contribution in [0.2, 0.25) is 5.02 Å². The van der Waals surface area contributed by atoms with Crippen molar-refractivity contribution in [1.29, 1.82) is 0 Å². The molecule has 2 aromatic rings. The largest absolute Gasteiger partial charge is 0.497 e. The summed E-state index contributed by atoms with van der Waals surface area (Å²) in [7, 11) is 1.60. The van der Waals surface area contributed by atoms with E-state index in [0.717, 1.165) is 28.9 Å². The topological polar surface area (TPSA) is 46.5 Å². The van der Waals surface area contributed by atoms with Crippen LogP contribution in [0.15, 0.2) is 54.6 Å². The Morgan fingerprint density at radius 1 is 1.14 bits per heavy atom. The van der Waals surface area contributed by atoms with E-state index in [9.17, 15) is 4.79 Å². The molecule has 4 heteroatoms. The van der Waals surface area contributed by atoms with Crippen molar-refractivity contribution in [2.45, 2.75) is 12.8 Å². The fourth-order valence-electron chi connectivity index (χ4n) is 2.18. The first-order chi connectivity index (χ1) is 10.6. The van der Waals surface area contributed by atoms with Crippen LogP contribution in [0.5, 0.6) is 5.75 Å². The standard InChI is InChI=1S/C18H17ClO3/c1-22-17-10-6-14(7-11-17)15(12-18(20)21)5-2-13-3-8-16(19)9-4-13/h3-4,6-12H,2,5H2,1H3,(H,20,21)/b15-12+. The first kappa shape index (κ1) is 16.1. The summed E-state index contributed by atoms with van der Waals surface area (Å²) in [5.74, 6) is -0.196. The third-order valence-corrected chi connectivity index (χ3v) is 3.61. The molecule has 0 aliphatic rings. The molecule has 0 atom stereocenters. The maximum atomic E-state index is 11.0. The molecule has 0 saturated heterocycles. The summed E-state index contributed by atoms with van der Waals surface area (Å²) < 4.78 is 5.12. The van der Waals surface area contributed by atoms with Gasteiger partial charge in [0.2, 0.25) is 0 Å². The molecule has 0 spiro atoms. The zero-order chi connectivity index (χ0) is 15.9. The monoisotopic (exact) mass is 316 g/mol. The van der Waals surface area contributed by atoms with Crippen LogP contribution in [0, 0.1) is 0 Å². The minimum Gasteiger partial charge on any atom is -0.497 e. The average Bonchev–Trinajstić information content (AvgIpc) is 2.53. The number of hydrogen-bond donors (Lipinski definition) is 1. The van der Waals surface area contributed by atoms with Crippen LogP contribution in [0.1, 0.15) is 17.5 Å². The highest BCUT2D eigenvalue weighted by Crippen LogP contribution is 2.23. The predicted molar refractivity (Wildman–Crippen MR) is 88.4 cm³/mol. The SMILES string of the molecule is COc1ccc(/C(=C/C(=O)O)CCc2ccc(Cl)cc2)cc1. The second-order valence-electron chi connectivity index (χ2n) is 4.86. The normalized spacial score (nSPS) is 11.3. The minimum atomic E-state index is -0.943. The van der Waals surface area contributed by atoms with Crippen molar-refractivity contribution in [3.8, 4) is 5.75 Å². The second-order valence-corrected chi connectivity index (χ2v) is 5.30. The van der Waals surface area contributed by atoms with Gasteiger partial charge in [0, 0.05) is 11.1 Å². The van der Waals surface area contributed by atoms with Gasteiger partial charge in [0.15, 0.2) is 0 Å². The molecule has 114 valence electrons. The predicted octanol–water partition coefficient (Wildman–Crippen LogP) is 4.45. The van der Waals surface area contributed by atoms with E-state index in [1.54, 1.807) is 7.11 Å². The highest BCUT2D eigenvalue weighted by molar-refractivity contribution is 6.30. The van der Waals surface area contributed by atoms with Crippen LogP contribution in [-0.2, 0) is 11.2 Å². The molecule has 2 aromatic carbocycles. The molecular formula is C18H17ClO3. The van der Waals surface area contributed by atoms with Crippen molar-refractivity contribution in [2.24, 2.45) is 0 Å². The Labute approximate surface area is 134 Å². The van der Waals surface area contributed by atoms with Gasteiger partial charge >= 0.3 is 5.97 Å². The summed E-state index contributed by atoms with van der Waals surface area (Å²) in [4.78, 5) is 11.0. The molecule has 0 aromatic heterocycles. The third-order valence-electron chi connectivity index (χ3n) is 3.35. The van der Waals surface area contributed by atoms with Gasteiger partial charge in [-0.1, -0.05) is 35.9 Å². The number of methoxy groups -OCH3 is 1. The molecule has 3 nitrogen and oxygen atoms in total. The molecule has 0 aliphatic carbocycles. The average molecular weight is 317 g/mol.